The van der Waals surface area contributed by atoms with E-state index in [-0.39, 0.29) is 38.3 Å². The summed E-state index contributed by atoms with van der Waals surface area (Å²) in [6.45, 7) is 1.01. The van der Waals surface area contributed by atoms with Crippen LogP contribution in [-0.2, 0) is 20.9 Å². The van der Waals surface area contributed by atoms with Gasteiger partial charge in [-0.15, -0.1) is 0 Å². The van der Waals surface area contributed by atoms with Gasteiger partial charge in [0.1, 0.15) is 12.6 Å². The van der Waals surface area contributed by atoms with Crippen LogP contribution in [0.1, 0.15) is 31.7 Å². The Morgan fingerprint density at radius 3 is 2.65 bits per heavy atom. The van der Waals surface area contributed by atoms with Crippen molar-refractivity contribution in [3.63, 3.8) is 0 Å². The van der Waals surface area contributed by atoms with Crippen LogP contribution in [0.4, 0.5) is 13.6 Å². The molecule has 1 fully saturated rings. The molecule has 1 aliphatic heterocycles. The third-order valence-corrected chi connectivity index (χ3v) is 4.01. The molecule has 0 saturated carbocycles. The van der Waals surface area contributed by atoms with Crippen LogP contribution in [0.2, 0.25) is 0 Å². The van der Waals surface area contributed by atoms with Crippen LogP contribution in [0.25, 0.3) is 0 Å². The monoisotopic (exact) mass is 368 g/mol. The lowest BCUT2D eigenvalue weighted by Gasteiger charge is -2.31. The summed E-state index contributed by atoms with van der Waals surface area (Å²) in [5, 5.41) is 2.43. The van der Waals surface area contributed by atoms with Gasteiger partial charge in [-0.1, -0.05) is 30.3 Å². The summed E-state index contributed by atoms with van der Waals surface area (Å²) in [7, 11) is 0. The van der Waals surface area contributed by atoms with Gasteiger partial charge < -0.3 is 15.0 Å². The van der Waals surface area contributed by atoms with Crippen molar-refractivity contribution < 1.29 is 27.9 Å². The maximum Gasteiger partial charge on any atom is 0.410 e. The first-order valence-corrected chi connectivity index (χ1v) is 8.40. The molecule has 1 aromatic rings. The molecule has 2 amide bonds. The van der Waals surface area contributed by atoms with Crippen LogP contribution < -0.4 is 5.32 Å². The Hall–Kier alpha value is -2.51. The van der Waals surface area contributed by atoms with Crippen LogP contribution in [0.3, 0.4) is 0 Å². The zero-order chi connectivity index (χ0) is 19.2. The number of ether oxygens (including phenoxy) is 1. The molecule has 8 heteroatoms. The normalized spacial score (nSPS) is 17.7. The summed E-state index contributed by atoms with van der Waals surface area (Å²) in [5.41, 5.74) is 0.833. The number of likely N-dealkylation sites (tertiary alicyclic amines) is 1. The molecule has 1 N–H and O–H groups in total. The van der Waals surface area contributed by atoms with Gasteiger partial charge in [-0.2, -0.15) is 0 Å². The average molecular weight is 368 g/mol. The van der Waals surface area contributed by atoms with Gasteiger partial charge in [0, 0.05) is 25.8 Å². The van der Waals surface area contributed by atoms with Crippen LogP contribution in [-0.4, -0.2) is 47.7 Å². The number of halogens is 2. The molecule has 0 spiro atoms. The number of alkyl halides is 2. The molecule has 0 aliphatic carbocycles. The van der Waals surface area contributed by atoms with E-state index in [1.54, 1.807) is 0 Å². The molecule has 1 aliphatic rings. The zero-order valence-electron chi connectivity index (χ0n) is 14.5. The minimum Gasteiger partial charge on any atom is -0.445 e. The largest absolute Gasteiger partial charge is 0.445 e. The lowest BCUT2D eigenvalue weighted by Crippen LogP contribution is -2.54. The van der Waals surface area contributed by atoms with Gasteiger partial charge in [0.2, 0.25) is 11.8 Å². The smallest absolute Gasteiger partial charge is 0.410 e. The molecule has 1 unspecified atom stereocenters. The van der Waals surface area contributed by atoms with E-state index in [4.69, 9.17) is 4.74 Å². The number of carbonyl (C=O) groups is 3. The van der Waals surface area contributed by atoms with E-state index in [2.05, 4.69) is 5.32 Å². The fourth-order valence-corrected chi connectivity index (χ4v) is 2.53. The molecular formula is C18H22F2N2O4. The molecule has 0 radical (unpaired) electrons. The first kappa shape index (κ1) is 19.8. The number of hydrogen-bond acceptors (Lipinski definition) is 4. The third kappa shape index (κ3) is 6.42. The van der Waals surface area contributed by atoms with Gasteiger partial charge in [-0.25, -0.2) is 13.6 Å². The molecule has 142 valence electrons. The van der Waals surface area contributed by atoms with E-state index >= 15 is 0 Å². The third-order valence-electron chi connectivity index (χ3n) is 4.01. The minimum absolute atomic E-state index is 0.0271. The molecule has 2 rings (SSSR count). The molecule has 0 aromatic heterocycles. The number of rotatable bonds is 6. The fraction of sp³-hybridized carbons (Fsp3) is 0.500. The van der Waals surface area contributed by atoms with Gasteiger partial charge in [0.25, 0.3) is 0 Å². The topological polar surface area (TPSA) is 75.7 Å². The second-order valence-corrected chi connectivity index (χ2v) is 6.39. The number of Topliss-reactive ketones (excluding diaryl/α,β-unsaturated/α-hetero) is 1. The number of nitrogens with one attached hydrogen (secondary N) is 1. The highest BCUT2D eigenvalue weighted by Crippen LogP contribution is 2.18. The molecular weight excluding hydrogens is 346 g/mol. The van der Waals surface area contributed by atoms with Crippen molar-refractivity contribution in [2.75, 3.05) is 13.1 Å². The number of ketones is 1. The van der Waals surface area contributed by atoms with Crippen molar-refractivity contribution >= 4 is 17.8 Å². The fourth-order valence-electron chi connectivity index (χ4n) is 2.53. The van der Waals surface area contributed by atoms with Crippen molar-refractivity contribution in [1.82, 2.24) is 10.2 Å². The number of hydrogen-bond donors (Lipinski definition) is 1. The summed E-state index contributed by atoms with van der Waals surface area (Å²) in [4.78, 5) is 37.2. The van der Waals surface area contributed by atoms with E-state index in [1.807, 2.05) is 30.3 Å². The van der Waals surface area contributed by atoms with Gasteiger partial charge in [-0.3, -0.25) is 9.59 Å². The Morgan fingerprint density at radius 1 is 1.31 bits per heavy atom. The SMILES string of the molecule is CC(F)(F)CCC(=O)NC1CN(C(=O)OCc2ccccc2)CCC1=O. The van der Waals surface area contributed by atoms with Crippen molar-refractivity contribution in [1.29, 1.82) is 0 Å². The average Bonchev–Trinajstić information content (AvgIpc) is 2.60. The maximum atomic E-state index is 12.8. The molecule has 1 saturated heterocycles. The predicted octanol–water partition coefficient (Wildman–Crippen LogP) is 2.52. The lowest BCUT2D eigenvalue weighted by molar-refractivity contribution is -0.130. The summed E-state index contributed by atoms with van der Waals surface area (Å²) in [6, 6.07) is 8.25. The Bertz CT molecular complexity index is 646. The Morgan fingerprint density at radius 2 is 2.00 bits per heavy atom. The van der Waals surface area contributed by atoms with E-state index in [1.165, 1.54) is 4.90 Å². The number of piperidine rings is 1. The second-order valence-electron chi connectivity index (χ2n) is 6.39. The van der Waals surface area contributed by atoms with Crippen molar-refractivity contribution in [2.45, 2.75) is 44.8 Å². The minimum atomic E-state index is -2.94. The van der Waals surface area contributed by atoms with E-state index < -0.39 is 30.4 Å². The van der Waals surface area contributed by atoms with E-state index in [0.717, 1.165) is 12.5 Å². The standard InChI is InChI=1S/C18H22F2N2O4/c1-18(19,20)9-7-16(24)21-14-11-22(10-8-15(14)23)17(25)26-12-13-5-3-2-4-6-13/h2-6,14H,7-12H2,1H3,(H,21,24). The molecule has 0 bridgehead atoms. The Balaban J connectivity index is 1.83. The summed E-state index contributed by atoms with van der Waals surface area (Å²) < 4.78 is 30.8. The van der Waals surface area contributed by atoms with Crippen LogP contribution in [0.15, 0.2) is 30.3 Å². The zero-order valence-corrected chi connectivity index (χ0v) is 14.5. The van der Waals surface area contributed by atoms with Gasteiger partial charge in [0.15, 0.2) is 5.78 Å². The number of benzene rings is 1. The van der Waals surface area contributed by atoms with Gasteiger partial charge in [-0.05, 0) is 12.5 Å². The number of nitrogens with zero attached hydrogens (tertiary/aromatic N) is 1. The Labute approximate surface area is 150 Å². The summed E-state index contributed by atoms with van der Waals surface area (Å²) >= 11 is 0. The quantitative estimate of drug-likeness (QED) is 0.837. The van der Waals surface area contributed by atoms with E-state index in [0.29, 0.717) is 0 Å². The first-order valence-electron chi connectivity index (χ1n) is 8.40. The summed E-state index contributed by atoms with van der Waals surface area (Å²) in [5.74, 6) is -3.81. The van der Waals surface area contributed by atoms with Crippen LogP contribution >= 0.6 is 0 Å². The van der Waals surface area contributed by atoms with Crippen molar-refractivity contribution in [2.24, 2.45) is 0 Å². The van der Waals surface area contributed by atoms with Crippen LogP contribution in [0.5, 0.6) is 0 Å². The van der Waals surface area contributed by atoms with Crippen molar-refractivity contribution in [3.8, 4) is 0 Å². The Kier molecular flexibility index (Phi) is 6.65. The molecule has 1 aromatic carbocycles. The molecule has 1 heterocycles. The van der Waals surface area contributed by atoms with Crippen molar-refractivity contribution in [3.05, 3.63) is 35.9 Å². The molecule has 6 nitrogen and oxygen atoms in total. The summed E-state index contributed by atoms with van der Waals surface area (Å²) in [6.07, 6.45) is -1.48. The molecule has 1 atom stereocenters. The number of carbonyl (C=O) groups excluding carboxylic acids is 3. The number of amides is 2. The maximum absolute atomic E-state index is 12.8. The predicted molar refractivity (Wildman–Crippen MR) is 89.6 cm³/mol. The first-order chi connectivity index (χ1) is 12.2. The highest BCUT2D eigenvalue weighted by molar-refractivity contribution is 5.91. The van der Waals surface area contributed by atoms with Gasteiger partial charge >= 0.3 is 6.09 Å². The highest BCUT2D eigenvalue weighted by Gasteiger charge is 2.32. The molecule has 26 heavy (non-hydrogen) atoms. The lowest BCUT2D eigenvalue weighted by atomic mass is 10.0. The highest BCUT2D eigenvalue weighted by atomic mass is 19.3. The van der Waals surface area contributed by atoms with Crippen LogP contribution in [0, 0.1) is 0 Å². The second kappa shape index (κ2) is 8.73. The van der Waals surface area contributed by atoms with Gasteiger partial charge in [0.05, 0.1) is 6.54 Å². The van der Waals surface area contributed by atoms with E-state index in [9.17, 15) is 23.2 Å².